The molecule has 0 atom stereocenters. The monoisotopic (exact) mass is 441 g/mol. The fraction of sp³-hybridized carbons (Fsp3) is 0.161. The van der Waals surface area contributed by atoms with E-state index in [1.54, 1.807) is 0 Å². The molecule has 0 heterocycles. The Hall–Kier alpha value is -4.34. The molecule has 0 radical (unpaired) electrons. The highest BCUT2D eigenvalue weighted by Crippen LogP contribution is 2.40. The lowest BCUT2D eigenvalue weighted by Gasteiger charge is -2.30. The molecule has 166 valence electrons. The summed E-state index contributed by atoms with van der Waals surface area (Å²) >= 11 is 0. The van der Waals surface area contributed by atoms with Crippen LogP contribution in [-0.2, 0) is 0 Å². The second-order valence-corrected chi connectivity index (χ2v) is 9.27. The third-order valence-electron chi connectivity index (χ3n) is 5.90. The highest BCUT2D eigenvalue weighted by molar-refractivity contribution is 5.77. The Balaban J connectivity index is 1.62. The van der Waals surface area contributed by atoms with E-state index in [0.29, 0.717) is 0 Å². The minimum Gasteiger partial charge on any atom is -0.311 e. The maximum atomic E-state index is 9.31. The second-order valence-electron chi connectivity index (χ2n) is 9.27. The van der Waals surface area contributed by atoms with E-state index in [4.69, 9.17) is 6.57 Å². The standard InChI is InChI=1S/C31H27N3/c1-31(2)21-25(20-26(22-31)30(23-32)33-3)15-14-24-16-18-29(19-17-24)34(27-10-6-4-7-11-27)28-12-8-5-9-13-28/h4-20H,21-22H2,1-2H3/b15-14+,30-26+. The average molecular weight is 442 g/mol. The first kappa shape index (κ1) is 22.8. The maximum absolute atomic E-state index is 9.31. The summed E-state index contributed by atoms with van der Waals surface area (Å²) in [4.78, 5) is 5.66. The van der Waals surface area contributed by atoms with Crippen molar-refractivity contribution in [3.63, 3.8) is 0 Å². The van der Waals surface area contributed by atoms with Crippen molar-refractivity contribution in [3.8, 4) is 6.07 Å². The van der Waals surface area contributed by atoms with Gasteiger partial charge in [0.25, 0.3) is 5.70 Å². The van der Waals surface area contributed by atoms with Crippen molar-refractivity contribution in [2.45, 2.75) is 26.7 Å². The number of nitrogens with zero attached hydrogens (tertiary/aromatic N) is 3. The van der Waals surface area contributed by atoms with Crippen molar-refractivity contribution in [1.82, 2.24) is 0 Å². The van der Waals surface area contributed by atoms with Crippen molar-refractivity contribution >= 4 is 23.1 Å². The Bertz CT molecular complexity index is 1260. The maximum Gasteiger partial charge on any atom is 0.265 e. The minimum absolute atomic E-state index is 0.0201. The topological polar surface area (TPSA) is 31.4 Å². The van der Waals surface area contributed by atoms with Gasteiger partial charge in [-0.1, -0.05) is 80.6 Å². The van der Waals surface area contributed by atoms with Crippen LogP contribution in [0, 0.1) is 23.3 Å². The molecule has 4 rings (SSSR count). The second kappa shape index (κ2) is 10.1. The predicted molar refractivity (Wildman–Crippen MR) is 140 cm³/mol. The third-order valence-corrected chi connectivity index (χ3v) is 5.90. The molecule has 0 saturated carbocycles. The number of rotatable bonds is 5. The van der Waals surface area contributed by atoms with E-state index in [0.717, 1.165) is 46.6 Å². The zero-order chi connectivity index (χ0) is 24.0. The molecule has 0 fully saturated rings. The Morgan fingerprint density at radius 1 is 0.853 bits per heavy atom. The van der Waals surface area contributed by atoms with Crippen molar-refractivity contribution in [2.24, 2.45) is 5.41 Å². The molecule has 0 amide bonds. The largest absolute Gasteiger partial charge is 0.311 e. The van der Waals surface area contributed by atoms with Crippen LogP contribution in [0.5, 0.6) is 0 Å². The first-order valence-electron chi connectivity index (χ1n) is 11.4. The lowest BCUT2D eigenvalue weighted by atomic mass is 9.74. The smallest absolute Gasteiger partial charge is 0.265 e. The van der Waals surface area contributed by atoms with Crippen LogP contribution in [0.15, 0.2) is 114 Å². The van der Waals surface area contributed by atoms with Crippen LogP contribution in [0.3, 0.4) is 0 Å². The normalized spacial score (nSPS) is 16.3. The number of benzene rings is 3. The van der Waals surface area contributed by atoms with Crippen molar-refractivity contribution in [3.05, 3.63) is 131 Å². The van der Waals surface area contributed by atoms with Gasteiger partial charge in [-0.15, -0.1) is 0 Å². The Labute approximate surface area is 202 Å². The molecule has 0 bridgehead atoms. The predicted octanol–water partition coefficient (Wildman–Crippen LogP) is 8.61. The number of hydrogen-bond donors (Lipinski definition) is 0. The van der Waals surface area contributed by atoms with Gasteiger partial charge in [0.15, 0.2) is 0 Å². The van der Waals surface area contributed by atoms with E-state index in [2.05, 4.69) is 109 Å². The molecule has 0 spiro atoms. The van der Waals surface area contributed by atoms with Gasteiger partial charge in [0.05, 0.1) is 12.6 Å². The van der Waals surface area contributed by atoms with E-state index >= 15 is 0 Å². The summed E-state index contributed by atoms with van der Waals surface area (Å²) < 4.78 is 0. The number of nitriles is 1. The molecule has 3 nitrogen and oxygen atoms in total. The van der Waals surface area contributed by atoms with Gasteiger partial charge in [-0.25, -0.2) is 10.1 Å². The van der Waals surface area contributed by atoms with Gasteiger partial charge in [-0.05, 0) is 71.4 Å². The Morgan fingerprint density at radius 3 is 1.94 bits per heavy atom. The molecule has 3 aromatic carbocycles. The lowest BCUT2D eigenvalue weighted by molar-refractivity contribution is 0.354. The molecular formula is C31H27N3. The molecule has 1 aliphatic carbocycles. The van der Waals surface area contributed by atoms with Crippen LogP contribution >= 0.6 is 0 Å². The van der Waals surface area contributed by atoms with E-state index < -0.39 is 0 Å². The van der Waals surface area contributed by atoms with Gasteiger partial charge < -0.3 is 4.90 Å². The van der Waals surface area contributed by atoms with Gasteiger partial charge in [0, 0.05) is 17.1 Å². The van der Waals surface area contributed by atoms with Crippen LogP contribution in [0.2, 0.25) is 0 Å². The molecule has 0 unspecified atom stereocenters. The molecular weight excluding hydrogens is 414 g/mol. The number of hydrogen-bond acceptors (Lipinski definition) is 2. The zero-order valence-electron chi connectivity index (χ0n) is 19.6. The Kier molecular flexibility index (Phi) is 6.77. The van der Waals surface area contributed by atoms with Crippen molar-refractivity contribution in [1.29, 1.82) is 5.26 Å². The molecule has 34 heavy (non-hydrogen) atoms. The first-order chi connectivity index (χ1) is 16.5. The number of allylic oxidation sites excluding steroid dienone is 5. The van der Waals surface area contributed by atoms with Crippen LogP contribution in [0.25, 0.3) is 10.9 Å². The Morgan fingerprint density at radius 2 is 1.41 bits per heavy atom. The molecule has 0 saturated heterocycles. The summed E-state index contributed by atoms with van der Waals surface area (Å²) in [6.45, 7) is 11.7. The summed E-state index contributed by atoms with van der Waals surface area (Å²) in [5, 5.41) is 9.31. The third kappa shape index (κ3) is 5.34. The molecule has 0 aliphatic heterocycles. The number of para-hydroxylation sites is 2. The molecule has 3 heteroatoms. The summed E-state index contributed by atoms with van der Waals surface area (Å²) in [5.74, 6) is 0. The highest BCUT2D eigenvalue weighted by atomic mass is 15.1. The van der Waals surface area contributed by atoms with Crippen molar-refractivity contribution < 1.29 is 0 Å². The highest BCUT2D eigenvalue weighted by Gasteiger charge is 2.26. The van der Waals surface area contributed by atoms with Gasteiger partial charge in [-0.3, -0.25) is 0 Å². The van der Waals surface area contributed by atoms with Crippen molar-refractivity contribution in [2.75, 3.05) is 4.90 Å². The van der Waals surface area contributed by atoms with E-state index in [1.165, 1.54) is 0 Å². The summed E-state index contributed by atoms with van der Waals surface area (Å²) in [6.07, 6.45) is 7.89. The van der Waals surface area contributed by atoms with Gasteiger partial charge in [0.1, 0.15) is 0 Å². The van der Waals surface area contributed by atoms with Gasteiger partial charge in [-0.2, -0.15) is 0 Å². The first-order valence-corrected chi connectivity index (χ1v) is 11.4. The van der Waals surface area contributed by atoms with E-state index in [9.17, 15) is 5.26 Å². The van der Waals surface area contributed by atoms with Crippen LogP contribution in [0.4, 0.5) is 17.1 Å². The van der Waals surface area contributed by atoms with E-state index in [-0.39, 0.29) is 11.1 Å². The molecule has 0 N–H and O–H groups in total. The quantitative estimate of drug-likeness (QED) is 0.293. The van der Waals surface area contributed by atoms with Gasteiger partial charge in [0.2, 0.25) is 0 Å². The van der Waals surface area contributed by atoms with Crippen LogP contribution in [-0.4, -0.2) is 0 Å². The van der Waals surface area contributed by atoms with Gasteiger partial charge >= 0.3 is 0 Å². The molecule has 0 aromatic heterocycles. The average Bonchev–Trinajstić information content (AvgIpc) is 2.85. The zero-order valence-corrected chi connectivity index (χ0v) is 19.6. The summed E-state index contributed by atoms with van der Waals surface area (Å²) in [6, 6.07) is 31.3. The summed E-state index contributed by atoms with van der Waals surface area (Å²) in [7, 11) is 0. The van der Waals surface area contributed by atoms with E-state index in [1.807, 2.05) is 24.3 Å². The molecule has 1 aliphatic rings. The summed E-state index contributed by atoms with van der Waals surface area (Å²) in [5.41, 5.74) is 6.61. The fourth-order valence-corrected chi connectivity index (χ4v) is 4.42. The number of anilines is 3. The fourth-order valence-electron chi connectivity index (χ4n) is 4.42. The minimum atomic E-state index is 0.0201. The van der Waals surface area contributed by atoms with Crippen LogP contribution < -0.4 is 4.90 Å². The molecule has 3 aromatic rings. The lowest BCUT2D eigenvalue weighted by Crippen LogP contribution is -2.17. The SMILES string of the molecule is [C-]#[N+]/C(C#N)=C1C=C(/C=C/c2ccc(N(c3ccccc3)c3ccccc3)cc2)CC(C)(C)C\1. The van der Waals surface area contributed by atoms with Crippen LogP contribution in [0.1, 0.15) is 32.3 Å².